The third kappa shape index (κ3) is 6.24. The average Bonchev–Trinajstić information content (AvgIpc) is 2.27. The molecule has 0 aromatic rings. The summed E-state index contributed by atoms with van der Waals surface area (Å²) < 4.78 is 41.8. The van der Waals surface area contributed by atoms with Crippen LogP contribution < -0.4 is 5.32 Å². The Morgan fingerprint density at radius 2 is 2.18 bits per heavy atom. The summed E-state index contributed by atoms with van der Waals surface area (Å²) in [6.45, 7) is 5.37. The maximum atomic E-state index is 12.2. The van der Waals surface area contributed by atoms with Gasteiger partial charge in [0.2, 0.25) is 0 Å². The summed E-state index contributed by atoms with van der Waals surface area (Å²) >= 11 is 0. The van der Waals surface area contributed by atoms with Crippen molar-refractivity contribution in [1.29, 1.82) is 0 Å². The number of hydrogen-bond donors (Lipinski definition) is 1. The summed E-state index contributed by atoms with van der Waals surface area (Å²) in [6.07, 6.45) is -3.78. The largest absolute Gasteiger partial charge is 0.390 e. The summed E-state index contributed by atoms with van der Waals surface area (Å²) in [5.41, 5.74) is 0. The molecule has 0 saturated carbocycles. The molecule has 17 heavy (non-hydrogen) atoms. The van der Waals surface area contributed by atoms with Gasteiger partial charge in [0.05, 0.1) is 19.6 Å². The van der Waals surface area contributed by atoms with E-state index in [1.807, 2.05) is 4.90 Å². The first-order chi connectivity index (χ1) is 8.03. The SMILES string of the molecule is CCCNCC1COCCN1CCC(F)(F)F. The number of ether oxygens (including phenoxy) is 1. The Labute approximate surface area is 100 Å². The molecule has 0 aliphatic carbocycles. The lowest BCUT2D eigenvalue weighted by atomic mass is 10.2. The molecule has 0 aromatic carbocycles. The number of halogens is 3. The molecule has 0 aromatic heterocycles. The molecular formula is C11H21F3N2O. The highest BCUT2D eigenvalue weighted by Crippen LogP contribution is 2.21. The van der Waals surface area contributed by atoms with Gasteiger partial charge in [-0.15, -0.1) is 0 Å². The average molecular weight is 254 g/mol. The van der Waals surface area contributed by atoms with Crippen molar-refractivity contribution < 1.29 is 17.9 Å². The third-order valence-electron chi connectivity index (χ3n) is 2.84. The molecule has 1 unspecified atom stereocenters. The standard InChI is InChI=1S/C11H21F3N2O/c1-2-4-15-8-10-9-17-7-6-16(10)5-3-11(12,13)14/h10,15H,2-9H2,1H3. The summed E-state index contributed by atoms with van der Waals surface area (Å²) in [5.74, 6) is 0. The monoisotopic (exact) mass is 254 g/mol. The van der Waals surface area contributed by atoms with Gasteiger partial charge in [0.1, 0.15) is 0 Å². The van der Waals surface area contributed by atoms with Crippen LogP contribution in [0.2, 0.25) is 0 Å². The summed E-state index contributed by atoms with van der Waals surface area (Å²) in [5, 5.41) is 3.23. The molecule has 1 fully saturated rings. The molecular weight excluding hydrogens is 233 g/mol. The zero-order valence-electron chi connectivity index (χ0n) is 10.2. The Balaban J connectivity index is 2.31. The van der Waals surface area contributed by atoms with Crippen molar-refractivity contribution in [2.24, 2.45) is 0 Å². The number of alkyl halides is 3. The maximum Gasteiger partial charge on any atom is 0.390 e. The molecule has 1 atom stereocenters. The van der Waals surface area contributed by atoms with Crippen LogP contribution in [0.5, 0.6) is 0 Å². The zero-order chi connectivity index (χ0) is 12.7. The van der Waals surface area contributed by atoms with Crippen LogP contribution in [0.4, 0.5) is 13.2 Å². The van der Waals surface area contributed by atoms with Gasteiger partial charge in [-0.1, -0.05) is 6.92 Å². The fraction of sp³-hybridized carbons (Fsp3) is 1.00. The normalized spacial score (nSPS) is 22.9. The molecule has 1 saturated heterocycles. The lowest BCUT2D eigenvalue weighted by molar-refractivity contribution is -0.142. The van der Waals surface area contributed by atoms with Gasteiger partial charge in [-0.3, -0.25) is 4.90 Å². The van der Waals surface area contributed by atoms with E-state index in [1.54, 1.807) is 0 Å². The highest BCUT2D eigenvalue weighted by molar-refractivity contribution is 4.78. The smallest absolute Gasteiger partial charge is 0.378 e. The van der Waals surface area contributed by atoms with Gasteiger partial charge in [0, 0.05) is 25.7 Å². The van der Waals surface area contributed by atoms with E-state index in [0.717, 1.165) is 13.0 Å². The predicted molar refractivity (Wildman–Crippen MR) is 60.0 cm³/mol. The zero-order valence-corrected chi connectivity index (χ0v) is 10.2. The van der Waals surface area contributed by atoms with E-state index in [9.17, 15) is 13.2 Å². The van der Waals surface area contributed by atoms with E-state index in [-0.39, 0.29) is 12.6 Å². The van der Waals surface area contributed by atoms with E-state index in [2.05, 4.69) is 12.2 Å². The van der Waals surface area contributed by atoms with Crippen molar-refractivity contribution in [3.05, 3.63) is 0 Å². The molecule has 1 aliphatic rings. The van der Waals surface area contributed by atoms with Crippen LogP contribution in [0, 0.1) is 0 Å². The van der Waals surface area contributed by atoms with Crippen LogP contribution in [0.3, 0.4) is 0 Å². The van der Waals surface area contributed by atoms with Gasteiger partial charge in [-0.05, 0) is 13.0 Å². The number of nitrogens with one attached hydrogen (secondary N) is 1. The Hall–Kier alpha value is -0.330. The van der Waals surface area contributed by atoms with Crippen LogP contribution in [0.15, 0.2) is 0 Å². The second kappa shape index (κ2) is 7.18. The Morgan fingerprint density at radius 1 is 1.41 bits per heavy atom. The third-order valence-corrected chi connectivity index (χ3v) is 2.84. The molecule has 6 heteroatoms. The molecule has 0 spiro atoms. The van der Waals surface area contributed by atoms with Crippen molar-refractivity contribution in [2.75, 3.05) is 39.4 Å². The second-order valence-corrected chi connectivity index (χ2v) is 4.33. The maximum absolute atomic E-state index is 12.2. The highest BCUT2D eigenvalue weighted by Gasteiger charge is 2.30. The fourth-order valence-electron chi connectivity index (χ4n) is 1.89. The van der Waals surface area contributed by atoms with Crippen LogP contribution >= 0.6 is 0 Å². The molecule has 0 bridgehead atoms. The molecule has 0 radical (unpaired) electrons. The Kier molecular flexibility index (Phi) is 6.22. The van der Waals surface area contributed by atoms with Gasteiger partial charge in [-0.25, -0.2) is 0 Å². The molecule has 1 aliphatic heterocycles. The number of morpholine rings is 1. The minimum Gasteiger partial charge on any atom is -0.378 e. The Morgan fingerprint density at radius 3 is 2.82 bits per heavy atom. The summed E-state index contributed by atoms with van der Waals surface area (Å²) in [7, 11) is 0. The molecule has 3 nitrogen and oxygen atoms in total. The van der Waals surface area contributed by atoms with Crippen LogP contribution in [0.25, 0.3) is 0 Å². The van der Waals surface area contributed by atoms with Crippen molar-refractivity contribution in [2.45, 2.75) is 32.0 Å². The van der Waals surface area contributed by atoms with Gasteiger partial charge in [-0.2, -0.15) is 13.2 Å². The van der Waals surface area contributed by atoms with E-state index in [0.29, 0.717) is 26.3 Å². The first kappa shape index (κ1) is 14.7. The molecule has 1 heterocycles. The van der Waals surface area contributed by atoms with Gasteiger partial charge in [0.25, 0.3) is 0 Å². The lowest BCUT2D eigenvalue weighted by Gasteiger charge is -2.35. The lowest BCUT2D eigenvalue weighted by Crippen LogP contribution is -2.51. The van der Waals surface area contributed by atoms with Crippen molar-refractivity contribution in [3.8, 4) is 0 Å². The van der Waals surface area contributed by atoms with Crippen molar-refractivity contribution in [3.63, 3.8) is 0 Å². The predicted octanol–water partition coefficient (Wildman–Crippen LogP) is 1.64. The molecule has 1 rings (SSSR count). The van der Waals surface area contributed by atoms with E-state index in [1.165, 1.54) is 0 Å². The van der Waals surface area contributed by atoms with Crippen LogP contribution in [0.1, 0.15) is 19.8 Å². The fourth-order valence-corrected chi connectivity index (χ4v) is 1.89. The highest BCUT2D eigenvalue weighted by atomic mass is 19.4. The molecule has 102 valence electrons. The molecule has 0 amide bonds. The van der Waals surface area contributed by atoms with Crippen molar-refractivity contribution in [1.82, 2.24) is 10.2 Å². The van der Waals surface area contributed by atoms with E-state index in [4.69, 9.17) is 4.74 Å². The Bertz CT molecular complexity index is 211. The van der Waals surface area contributed by atoms with Crippen LogP contribution in [-0.2, 0) is 4.74 Å². The van der Waals surface area contributed by atoms with Crippen molar-refractivity contribution >= 4 is 0 Å². The number of rotatable bonds is 6. The van der Waals surface area contributed by atoms with Crippen LogP contribution in [-0.4, -0.2) is 56.5 Å². The first-order valence-electron chi connectivity index (χ1n) is 6.12. The first-order valence-corrected chi connectivity index (χ1v) is 6.12. The molecule has 1 N–H and O–H groups in total. The number of nitrogens with zero attached hydrogens (tertiary/aromatic N) is 1. The minimum atomic E-state index is -4.07. The summed E-state index contributed by atoms with van der Waals surface area (Å²) in [4.78, 5) is 1.87. The van der Waals surface area contributed by atoms with Gasteiger partial charge >= 0.3 is 6.18 Å². The second-order valence-electron chi connectivity index (χ2n) is 4.33. The van der Waals surface area contributed by atoms with E-state index < -0.39 is 12.6 Å². The topological polar surface area (TPSA) is 24.5 Å². The van der Waals surface area contributed by atoms with E-state index >= 15 is 0 Å². The minimum absolute atomic E-state index is 0.0673. The van der Waals surface area contributed by atoms with Gasteiger partial charge in [0.15, 0.2) is 0 Å². The quantitative estimate of drug-likeness (QED) is 0.729. The van der Waals surface area contributed by atoms with Gasteiger partial charge < -0.3 is 10.1 Å². The summed E-state index contributed by atoms with van der Waals surface area (Å²) in [6, 6.07) is 0.0673. The number of hydrogen-bond acceptors (Lipinski definition) is 3.